The Morgan fingerprint density at radius 1 is 0.544 bits per heavy atom. The van der Waals surface area contributed by atoms with Crippen molar-refractivity contribution in [2.24, 2.45) is 11.8 Å². The fraction of sp³-hybridized carbons (Fsp3) is 0.415. The average Bonchev–Trinajstić information content (AvgIpc) is 3.28. The van der Waals surface area contributed by atoms with Gasteiger partial charge < -0.3 is 19.3 Å². The van der Waals surface area contributed by atoms with Crippen molar-refractivity contribution in [2.45, 2.75) is 72.0 Å². The first-order valence-electron chi connectivity index (χ1n) is 19.5. The summed E-state index contributed by atoms with van der Waals surface area (Å²) in [6, 6.07) is 3.71. The molecule has 8 rings (SSSR count). The molecule has 57 heavy (non-hydrogen) atoms. The summed E-state index contributed by atoms with van der Waals surface area (Å²) in [5.41, 5.74) is 5.51. The zero-order valence-corrected chi connectivity index (χ0v) is 32.8. The first-order chi connectivity index (χ1) is 27.9. The summed E-state index contributed by atoms with van der Waals surface area (Å²) in [5, 5.41) is 15.3. The van der Waals surface area contributed by atoms with Crippen molar-refractivity contribution < 1.29 is 9.47 Å². The molecule has 0 unspecified atom stereocenters. The van der Waals surface area contributed by atoms with Gasteiger partial charge in [-0.25, -0.2) is 39.9 Å². The van der Waals surface area contributed by atoms with Gasteiger partial charge in [0.25, 0.3) is 0 Å². The summed E-state index contributed by atoms with van der Waals surface area (Å²) >= 11 is 0. The van der Waals surface area contributed by atoms with Crippen LogP contribution in [0.4, 0.5) is 11.9 Å². The van der Waals surface area contributed by atoms with Gasteiger partial charge in [0, 0.05) is 62.1 Å². The number of aryl methyl sites for hydroxylation is 2. The number of ether oxygens (including phenoxy) is 2. The molecule has 16 heteroatoms. The summed E-state index contributed by atoms with van der Waals surface area (Å²) in [4.78, 5) is 40.0. The summed E-state index contributed by atoms with van der Waals surface area (Å²) < 4.78 is 12.1. The van der Waals surface area contributed by atoms with Gasteiger partial charge in [0.05, 0.1) is 61.0 Å². The maximum absolute atomic E-state index is 6.06. The Balaban J connectivity index is 0.000000174. The maximum atomic E-state index is 6.06. The Labute approximate surface area is 332 Å². The molecule has 0 aliphatic carbocycles. The number of piperidine rings is 2. The predicted molar refractivity (Wildman–Crippen MR) is 214 cm³/mol. The molecule has 0 saturated carbocycles. The van der Waals surface area contributed by atoms with Crippen molar-refractivity contribution in [2.75, 3.05) is 36.0 Å². The number of aromatic nitrogens is 12. The second-order valence-corrected chi connectivity index (χ2v) is 14.3. The quantitative estimate of drug-likeness (QED) is 0.157. The number of nitrogens with zero attached hydrogens (tertiary/aromatic N) is 14. The molecule has 6 aromatic rings. The number of hydrogen-bond acceptors (Lipinski definition) is 16. The van der Waals surface area contributed by atoms with Gasteiger partial charge in [0.1, 0.15) is 12.2 Å². The SMILES string of the molecule is CCc1cnc(N2CCC([C@H](C)Oc3cnc(-c4ccnnc4)cn3)CC2)nc1.Cc1cnc(N2CCC([C@H](C)Oc3cnc(-c4ccnnc4)cn3)CC2)nc1. The van der Waals surface area contributed by atoms with E-state index >= 15 is 0 Å². The third-order valence-corrected chi connectivity index (χ3v) is 10.5. The van der Waals surface area contributed by atoms with Crippen LogP contribution >= 0.6 is 0 Å². The lowest BCUT2D eigenvalue weighted by Crippen LogP contribution is -2.39. The van der Waals surface area contributed by atoms with Crippen LogP contribution in [-0.2, 0) is 6.42 Å². The van der Waals surface area contributed by atoms with Crippen LogP contribution in [0.15, 0.2) is 86.5 Å². The third-order valence-electron chi connectivity index (χ3n) is 10.5. The smallest absolute Gasteiger partial charge is 0.232 e. The van der Waals surface area contributed by atoms with Crippen LogP contribution in [0.2, 0.25) is 0 Å². The standard InChI is InChI=1S/C21H25N7O.C20H23N7O/c1-3-16-10-24-21(25-11-16)28-8-5-17(6-9-28)15(2)29-20-14-22-19(13-23-20)18-4-7-26-27-12-18;1-14-9-23-20(24-10-14)27-7-4-16(5-8-27)15(2)28-19-13-21-18(12-22-19)17-3-6-25-26-11-17/h4,7,10-15,17H,3,5-6,8-9H2,1-2H3;3,6,9-13,15-16H,4-5,7-8H2,1-2H3/t2*15-/m00/s1. The minimum Gasteiger partial charge on any atom is -0.473 e. The molecule has 2 aliphatic heterocycles. The molecule has 0 amide bonds. The average molecular weight is 769 g/mol. The van der Waals surface area contributed by atoms with Crippen LogP contribution in [0.3, 0.4) is 0 Å². The molecule has 0 bridgehead atoms. The molecule has 2 fully saturated rings. The largest absolute Gasteiger partial charge is 0.473 e. The Kier molecular flexibility index (Phi) is 13.0. The second-order valence-electron chi connectivity index (χ2n) is 14.3. The minimum atomic E-state index is 0.0725. The highest BCUT2D eigenvalue weighted by atomic mass is 16.5. The summed E-state index contributed by atoms with van der Waals surface area (Å²) in [7, 11) is 0. The van der Waals surface area contributed by atoms with Crippen molar-refractivity contribution in [1.29, 1.82) is 0 Å². The van der Waals surface area contributed by atoms with E-state index in [2.05, 4.69) is 90.8 Å². The van der Waals surface area contributed by atoms with Crippen LogP contribution in [0.5, 0.6) is 11.8 Å². The molecular weight excluding hydrogens is 721 g/mol. The summed E-state index contributed by atoms with van der Waals surface area (Å²) in [6.45, 7) is 12.0. The van der Waals surface area contributed by atoms with Crippen molar-refractivity contribution in [1.82, 2.24) is 60.3 Å². The topological polar surface area (TPSA) is 180 Å². The first kappa shape index (κ1) is 38.9. The van der Waals surface area contributed by atoms with Gasteiger partial charge in [-0.2, -0.15) is 20.4 Å². The van der Waals surface area contributed by atoms with Crippen LogP contribution in [0.25, 0.3) is 22.5 Å². The lowest BCUT2D eigenvalue weighted by molar-refractivity contribution is 0.126. The van der Waals surface area contributed by atoms with E-state index in [1.165, 1.54) is 0 Å². The fourth-order valence-electron chi connectivity index (χ4n) is 6.89. The van der Waals surface area contributed by atoms with E-state index in [9.17, 15) is 0 Å². The number of rotatable bonds is 11. The minimum absolute atomic E-state index is 0.0725. The maximum Gasteiger partial charge on any atom is 0.232 e. The lowest BCUT2D eigenvalue weighted by Gasteiger charge is -2.34. The molecule has 16 nitrogen and oxygen atoms in total. The Bertz CT molecular complexity index is 2080. The Morgan fingerprint density at radius 3 is 1.35 bits per heavy atom. The highest BCUT2D eigenvalue weighted by Crippen LogP contribution is 2.28. The number of anilines is 2. The first-order valence-corrected chi connectivity index (χ1v) is 19.5. The van der Waals surface area contributed by atoms with Gasteiger partial charge in [-0.1, -0.05) is 6.92 Å². The second kappa shape index (κ2) is 19.0. The van der Waals surface area contributed by atoms with E-state index in [4.69, 9.17) is 9.47 Å². The third kappa shape index (κ3) is 10.5. The Hall–Kier alpha value is -6.32. The van der Waals surface area contributed by atoms with E-state index in [1.54, 1.807) is 49.6 Å². The molecule has 8 heterocycles. The lowest BCUT2D eigenvalue weighted by atomic mass is 9.92. The molecule has 0 radical (unpaired) electrons. The zero-order chi connectivity index (χ0) is 39.4. The van der Waals surface area contributed by atoms with E-state index in [-0.39, 0.29) is 12.2 Å². The van der Waals surface area contributed by atoms with Gasteiger partial charge in [0.2, 0.25) is 23.7 Å². The van der Waals surface area contributed by atoms with Crippen LogP contribution in [0.1, 0.15) is 57.6 Å². The fourth-order valence-corrected chi connectivity index (χ4v) is 6.89. The van der Waals surface area contributed by atoms with Crippen molar-refractivity contribution in [3.63, 3.8) is 0 Å². The summed E-state index contributed by atoms with van der Waals surface area (Å²) in [6.07, 6.45) is 26.2. The number of hydrogen-bond donors (Lipinski definition) is 0. The zero-order valence-electron chi connectivity index (χ0n) is 32.8. The van der Waals surface area contributed by atoms with Gasteiger partial charge >= 0.3 is 0 Å². The molecule has 0 spiro atoms. The van der Waals surface area contributed by atoms with Gasteiger partial charge in [-0.15, -0.1) is 0 Å². The molecule has 2 saturated heterocycles. The molecule has 2 aliphatic rings. The van der Waals surface area contributed by atoms with E-state index in [1.807, 2.05) is 43.8 Å². The highest BCUT2D eigenvalue weighted by Gasteiger charge is 2.28. The molecule has 2 atom stereocenters. The van der Waals surface area contributed by atoms with E-state index < -0.39 is 0 Å². The van der Waals surface area contributed by atoms with Crippen LogP contribution < -0.4 is 19.3 Å². The molecule has 6 aromatic heterocycles. The molecule has 0 N–H and O–H groups in total. The predicted octanol–water partition coefficient (Wildman–Crippen LogP) is 5.69. The monoisotopic (exact) mass is 768 g/mol. The van der Waals surface area contributed by atoms with Gasteiger partial charge in [0.15, 0.2) is 0 Å². The normalized spacial score (nSPS) is 15.9. The molecule has 0 aromatic carbocycles. The Morgan fingerprint density at radius 2 is 0.982 bits per heavy atom. The van der Waals surface area contributed by atoms with Crippen molar-refractivity contribution in [3.8, 4) is 34.3 Å². The van der Waals surface area contributed by atoms with Gasteiger partial charge in [-0.05, 0) is 88.0 Å². The van der Waals surface area contributed by atoms with E-state index in [0.29, 0.717) is 23.6 Å². The molecular formula is C41H48N14O2. The van der Waals surface area contributed by atoms with Gasteiger partial charge in [-0.3, -0.25) is 0 Å². The van der Waals surface area contributed by atoms with Crippen LogP contribution in [-0.4, -0.2) is 98.7 Å². The summed E-state index contributed by atoms with van der Waals surface area (Å²) in [5.74, 6) is 3.65. The van der Waals surface area contributed by atoms with Crippen LogP contribution in [0, 0.1) is 18.8 Å². The molecule has 294 valence electrons. The van der Waals surface area contributed by atoms with Crippen molar-refractivity contribution >= 4 is 11.9 Å². The van der Waals surface area contributed by atoms with E-state index in [0.717, 1.165) is 104 Å². The van der Waals surface area contributed by atoms with Crippen molar-refractivity contribution in [3.05, 3.63) is 97.6 Å². The highest BCUT2D eigenvalue weighted by molar-refractivity contribution is 5.56.